The number of nitrogens with one attached hydrogen (secondary N) is 2. The number of aromatic nitrogens is 2. The van der Waals surface area contributed by atoms with Crippen molar-refractivity contribution in [3.05, 3.63) is 18.5 Å². The van der Waals surface area contributed by atoms with Crippen LogP contribution in [0.2, 0.25) is 0 Å². The Morgan fingerprint density at radius 3 is 2.42 bits per heavy atom. The number of hydrazine groups is 1. The van der Waals surface area contributed by atoms with Gasteiger partial charge in [-0.1, -0.05) is 0 Å². The first-order valence-electron chi connectivity index (χ1n) is 3.08. The van der Waals surface area contributed by atoms with E-state index in [0.717, 1.165) is 6.26 Å². The Bertz CT molecular complexity index is 336. The summed E-state index contributed by atoms with van der Waals surface area (Å²) >= 11 is 0. The van der Waals surface area contributed by atoms with Crippen LogP contribution in [0.25, 0.3) is 0 Å². The summed E-state index contributed by atoms with van der Waals surface area (Å²) in [6.07, 6.45) is 4.03. The van der Waals surface area contributed by atoms with Crippen LogP contribution in [0, 0.1) is 0 Å². The molecule has 1 aromatic heterocycles. The zero-order chi connectivity index (χ0) is 9.03. The molecule has 1 aromatic rings. The van der Waals surface area contributed by atoms with E-state index < -0.39 is 10.0 Å². The van der Waals surface area contributed by atoms with Crippen LogP contribution in [0.1, 0.15) is 0 Å². The van der Waals surface area contributed by atoms with E-state index in [9.17, 15) is 8.42 Å². The molecule has 0 aliphatic heterocycles. The maximum Gasteiger partial charge on any atom is 0.238 e. The lowest BCUT2D eigenvalue weighted by Crippen LogP contribution is -2.29. The predicted octanol–water partition coefficient (Wildman–Crippen LogP) is -0.647. The van der Waals surface area contributed by atoms with Crippen LogP contribution in [0.15, 0.2) is 18.5 Å². The monoisotopic (exact) mass is 188 g/mol. The van der Waals surface area contributed by atoms with E-state index in [1.54, 1.807) is 6.07 Å². The fourth-order valence-electron chi connectivity index (χ4n) is 0.502. The van der Waals surface area contributed by atoms with E-state index >= 15 is 0 Å². The summed E-state index contributed by atoms with van der Waals surface area (Å²) < 4.78 is 21.2. The van der Waals surface area contributed by atoms with Gasteiger partial charge in [0.05, 0.1) is 6.26 Å². The lowest BCUT2D eigenvalue weighted by atomic mass is 10.7. The van der Waals surface area contributed by atoms with Crippen LogP contribution in [0.5, 0.6) is 0 Å². The van der Waals surface area contributed by atoms with Gasteiger partial charge >= 0.3 is 0 Å². The molecule has 12 heavy (non-hydrogen) atoms. The Hall–Kier alpha value is -1.21. The van der Waals surface area contributed by atoms with Crippen LogP contribution < -0.4 is 10.3 Å². The molecule has 0 aliphatic rings. The summed E-state index contributed by atoms with van der Waals surface area (Å²) in [5.41, 5.74) is 2.32. The maximum atomic E-state index is 10.6. The van der Waals surface area contributed by atoms with Crippen molar-refractivity contribution in [2.24, 2.45) is 0 Å². The summed E-state index contributed by atoms with van der Waals surface area (Å²) in [4.78, 5) is 9.50. The Labute approximate surface area is 70.1 Å². The summed E-state index contributed by atoms with van der Waals surface area (Å²) in [7, 11) is -3.26. The first-order chi connectivity index (χ1) is 5.58. The zero-order valence-electron chi connectivity index (χ0n) is 6.35. The van der Waals surface area contributed by atoms with Gasteiger partial charge in [0.25, 0.3) is 0 Å². The SMILES string of the molecule is CS(=O)(=O)NNc1ncccn1. The van der Waals surface area contributed by atoms with Crippen LogP contribution >= 0.6 is 0 Å². The van der Waals surface area contributed by atoms with Crippen molar-refractivity contribution in [3.63, 3.8) is 0 Å². The number of rotatable bonds is 3. The predicted molar refractivity (Wildman–Crippen MR) is 43.6 cm³/mol. The molecule has 0 amide bonds. The van der Waals surface area contributed by atoms with Gasteiger partial charge in [0.1, 0.15) is 0 Å². The summed E-state index contributed by atoms with van der Waals surface area (Å²) in [6.45, 7) is 0. The standard InChI is InChI=1S/C5H8N4O2S/c1-12(10,11)9-8-5-6-3-2-4-7-5/h2-4,9H,1H3,(H,6,7,8). The lowest BCUT2D eigenvalue weighted by molar-refractivity contribution is 0.593. The zero-order valence-corrected chi connectivity index (χ0v) is 7.17. The Kier molecular flexibility index (Phi) is 2.56. The third-order valence-electron chi connectivity index (χ3n) is 0.914. The lowest BCUT2D eigenvalue weighted by Gasteiger charge is -2.02. The fourth-order valence-corrected chi connectivity index (χ4v) is 0.779. The molecule has 1 heterocycles. The topological polar surface area (TPSA) is 84.0 Å². The second-order valence-corrected chi connectivity index (χ2v) is 3.82. The summed E-state index contributed by atoms with van der Waals surface area (Å²) in [5.74, 6) is 0.211. The second kappa shape index (κ2) is 3.46. The highest BCUT2D eigenvalue weighted by molar-refractivity contribution is 7.88. The molecule has 7 heteroatoms. The molecule has 0 saturated heterocycles. The average Bonchev–Trinajstić information content (AvgIpc) is 2.02. The fraction of sp³-hybridized carbons (Fsp3) is 0.200. The quantitative estimate of drug-likeness (QED) is 0.616. The molecule has 2 N–H and O–H groups in total. The third kappa shape index (κ3) is 3.26. The van der Waals surface area contributed by atoms with Gasteiger partial charge in [-0.3, -0.25) is 5.43 Å². The molecule has 1 rings (SSSR count). The maximum absolute atomic E-state index is 10.6. The van der Waals surface area contributed by atoms with E-state index in [0.29, 0.717) is 0 Å². The van der Waals surface area contributed by atoms with E-state index in [1.165, 1.54) is 12.4 Å². The van der Waals surface area contributed by atoms with Crippen molar-refractivity contribution in [1.29, 1.82) is 0 Å². The highest BCUT2D eigenvalue weighted by atomic mass is 32.2. The van der Waals surface area contributed by atoms with Gasteiger partial charge in [0.2, 0.25) is 16.0 Å². The molecule has 0 unspecified atom stereocenters. The normalized spacial score (nSPS) is 11.1. The molecule has 0 saturated carbocycles. The van der Waals surface area contributed by atoms with Crippen molar-refractivity contribution in [2.75, 3.05) is 11.7 Å². The number of sulfonamides is 1. The Balaban J connectivity index is 2.56. The minimum atomic E-state index is -3.26. The smallest absolute Gasteiger partial charge is 0.238 e. The van der Waals surface area contributed by atoms with Crippen molar-refractivity contribution < 1.29 is 8.42 Å². The largest absolute Gasteiger partial charge is 0.276 e. The van der Waals surface area contributed by atoms with Gasteiger partial charge in [-0.05, 0) is 6.07 Å². The van der Waals surface area contributed by atoms with E-state index in [4.69, 9.17) is 0 Å². The van der Waals surface area contributed by atoms with E-state index in [2.05, 4.69) is 15.4 Å². The van der Waals surface area contributed by atoms with Gasteiger partial charge in [-0.2, -0.15) is 0 Å². The Morgan fingerprint density at radius 2 is 1.92 bits per heavy atom. The molecule has 0 spiro atoms. The summed E-state index contributed by atoms with van der Waals surface area (Å²) in [5, 5.41) is 0. The number of anilines is 1. The number of hydrogen-bond acceptors (Lipinski definition) is 5. The van der Waals surface area contributed by atoms with Crippen molar-refractivity contribution in [3.8, 4) is 0 Å². The minimum Gasteiger partial charge on any atom is -0.276 e. The second-order valence-electron chi connectivity index (χ2n) is 2.07. The molecular formula is C5H8N4O2S. The van der Waals surface area contributed by atoms with Gasteiger partial charge in [0, 0.05) is 12.4 Å². The third-order valence-corrected chi connectivity index (χ3v) is 1.39. The molecule has 66 valence electrons. The number of hydrogen-bond donors (Lipinski definition) is 2. The van der Waals surface area contributed by atoms with Gasteiger partial charge in [-0.15, -0.1) is 4.83 Å². The first kappa shape index (κ1) is 8.88. The molecule has 0 atom stereocenters. The first-order valence-corrected chi connectivity index (χ1v) is 4.97. The van der Waals surface area contributed by atoms with Crippen LogP contribution in [-0.4, -0.2) is 24.6 Å². The average molecular weight is 188 g/mol. The molecule has 0 fully saturated rings. The highest BCUT2D eigenvalue weighted by Crippen LogP contribution is 1.90. The number of nitrogens with zero attached hydrogens (tertiary/aromatic N) is 2. The van der Waals surface area contributed by atoms with E-state index in [-0.39, 0.29) is 5.95 Å². The molecule has 0 radical (unpaired) electrons. The van der Waals surface area contributed by atoms with Gasteiger partial charge < -0.3 is 0 Å². The van der Waals surface area contributed by atoms with Crippen LogP contribution in [0.3, 0.4) is 0 Å². The molecule has 6 nitrogen and oxygen atoms in total. The van der Waals surface area contributed by atoms with Gasteiger partial charge in [0.15, 0.2) is 0 Å². The Morgan fingerprint density at radius 1 is 1.33 bits per heavy atom. The molecule has 0 aliphatic carbocycles. The van der Waals surface area contributed by atoms with Crippen LogP contribution in [-0.2, 0) is 10.0 Å². The van der Waals surface area contributed by atoms with Crippen molar-refractivity contribution in [1.82, 2.24) is 14.8 Å². The highest BCUT2D eigenvalue weighted by Gasteiger charge is 1.99. The van der Waals surface area contributed by atoms with Crippen LogP contribution in [0.4, 0.5) is 5.95 Å². The van der Waals surface area contributed by atoms with Crippen molar-refractivity contribution >= 4 is 16.0 Å². The van der Waals surface area contributed by atoms with Crippen molar-refractivity contribution in [2.45, 2.75) is 0 Å². The van der Waals surface area contributed by atoms with E-state index in [1.807, 2.05) is 4.83 Å². The molecule has 0 bridgehead atoms. The summed E-state index contributed by atoms with van der Waals surface area (Å²) in [6, 6.07) is 1.63. The van der Waals surface area contributed by atoms with Gasteiger partial charge in [-0.25, -0.2) is 18.4 Å². The minimum absolute atomic E-state index is 0.211. The molecule has 0 aromatic carbocycles. The molecular weight excluding hydrogens is 180 g/mol.